The van der Waals surface area contributed by atoms with Crippen molar-refractivity contribution in [2.24, 2.45) is 0 Å². The number of methoxy groups -OCH3 is 1. The molecule has 0 saturated heterocycles. The Bertz CT molecular complexity index is 1100. The minimum absolute atomic E-state index is 0.00515. The Morgan fingerprint density at radius 1 is 1.09 bits per heavy atom. The molecule has 32 heavy (non-hydrogen) atoms. The van der Waals surface area contributed by atoms with Gasteiger partial charge < -0.3 is 15.4 Å². The molecule has 1 fully saturated rings. The van der Waals surface area contributed by atoms with E-state index in [0.717, 1.165) is 31.2 Å². The quantitative estimate of drug-likeness (QED) is 0.537. The molecule has 0 aromatic heterocycles. The van der Waals surface area contributed by atoms with Gasteiger partial charge in [-0.05, 0) is 80.3 Å². The fraction of sp³-hybridized carbons (Fsp3) is 0.458. The Morgan fingerprint density at radius 2 is 1.84 bits per heavy atom. The van der Waals surface area contributed by atoms with Crippen LogP contribution in [0.25, 0.3) is 0 Å². The van der Waals surface area contributed by atoms with E-state index in [2.05, 4.69) is 33.6 Å². The van der Waals surface area contributed by atoms with Crippen LogP contribution in [0.2, 0.25) is 0 Å². The molecule has 0 heterocycles. The van der Waals surface area contributed by atoms with Gasteiger partial charge in [-0.3, -0.25) is 4.79 Å². The molecule has 3 N–H and O–H groups in total. The number of fused-ring (bicyclic) bond motifs is 1. The summed E-state index contributed by atoms with van der Waals surface area (Å²) in [6.45, 7) is 1.98. The number of carbonyl (C=O) groups is 1. The Labute approximate surface area is 190 Å². The smallest absolute Gasteiger partial charge is 0.240 e. The van der Waals surface area contributed by atoms with Crippen LogP contribution in [0, 0.1) is 0 Å². The SMILES string of the molecule is COc1ccc(S(=O)(=O)NC2CC2)cc1NCC(=O)NC(C)c1ccc2c(c1)CCCC2. The maximum Gasteiger partial charge on any atom is 0.240 e. The molecule has 1 atom stereocenters. The molecule has 0 aliphatic heterocycles. The van der Waals surface area contributed by atoms with E-state index in [0.29, 0.717) is 11.4 Å². The molecule has 1 saturated carbocycles. The van der Waals surface area contributed by atoms with Crippen molar-refractivity contribution in [2.45, 2.75) is 62.4 Å². The second-order valence-corrected chi connectivity index (χ2v) is 10.3. The van der Waals surface area contributed by atoms with Crippen molar-refractivity contribution in [1.82, 2.24) is 10.0 Å². The van der Waals surface area contributed by atoms with Crippen molar-refractivity contribution in [3.63, 3.8) is 0 Å². The molecular formula is C24H31N3O4S. The van der Waals surface area contributed by atoms with E-state index in [4.69, 9.17) is 4.74 Å². The molecule has 7 nitrogen and oxygen atoms in total. The Hall–Kier alpha value is -2.58. The molecular weight excluding hydrogens is 426 g/mol. The Kier molecular flexibility index (Phi) is 6.71. The summed E-state index contributed by atoms with van der Waals surface area (Å²) in [6, 6.07) is 11.0. The highest BCUT2D eigenvalue weighted by atomic mass is 32.2. The van der Waals surface area contributed by atoms with Crippen molar-refractivity contribution in [3.05, 3.63) is 53.1 Å². The fourth-order valence-corrected chi connectivity index (χ4v) is 5.39. The minimum atomic E-state index is -3.59. The minimum Gasteiger partial charge on any atom is -0.495 e. The van der Waals surface area contributed by atoms with E-state index in [1.54, 1.807) is 6.07 Å². The van der Waals surface area contributed by atoms with Crippen LogP contribution >= 0.6 is 0 Å². The van der Waals surface area contributed by atoms with Gasteiger partial charge in [0.25, 0.3) is 0 Å². The molecule has 4 rings (SSSR count). The third-order valence-electron chi connectivity index (χ3n) is 6.07. The molecule has 0 bridgehead atoms. The Balaban J connectivity index is 1.39. The van der Waals surface area contributed by atoms with Gasteiger partial charge in [0, 0.05) is 6.04 Å². The first kappa shape index (κ1) is 22.6. The normalized spacial score (nSPS) is 16.7. The van der Waals surface area contributed by atoms with Crippen LogP contribution in [0.4, 0.5) is 5.69 Å². The van der Waals surface area contributed by atoms with Crippen molar-refractivity contribution < 1.29 is 17.9 Å². The standard InChI is InChI=1S/C24H31N3O4S/c1-16(18-8-7-17-5-3-4-6-19(17)13-18)26-24(28)15-25-22-14-21(11-12-23(22)31-2)32(29,30)27-20-9-10-20/h7-8,11-14,16,20,25,27H,3-6,9-10,15H2,1-2H3,(H,26,28). The fourth-order valence-electron chi connectivity index (χ4n) is 4.06. The first-order chi connectivity index (χ1) is 15.4. The number of ether oxygens (including phenoxy) is 1. The van der Waals surface area contributed by atoms with Crippen LogP contribution < -0.4 is 20.1 Å². The van der Waals surface area contributed by atoms with Gasteiger partial charge in [-0.1, -0.05) is 18.2 Å². The van der Waals surface area contributed by atoms with Gasteiger partial charge in [-0.2, -0.15) is 0 Å². The molecule has 2 aliphatic carbocycles. The molecule has 0 radical (unpaired) electrons. The number of hydrogen-bond acceptors (Lipinski definition) is 5. The van der Waals surface area contributed by atoms with Gasteiger partial charge in [0.1, 0.15) is 5.75 Å². The lowest BCUT2D eigenvalue weighted by molar-refractivity contribution is -0.120. The van der Waals surface area contributed by atoms with Crippen molar-refractivity contribution in [2.75, 3.05) is 19.0 Å². The van der Waals surface area contributed by atoms with Gasteiger partial charge in [0.2, 0.25) is 15.9 Å². The molecule has 172 valence electrons. The number of amides is 1. The number of sulfonamides is 1. The number of aryl methyl sites for hydroxylation is 2. The average Bonchev–Trinajstić information content (AvgIpc) is 3.60. The molecule has 1 amide bonds. The van der Waals surface area contributed by atoms with Crippen LogP contribution in [0.1, 0.15) is 55.3 Å². The lowest BCUT2D eigenvalue weighted by Gasteiger charge is -2.20. The molecule has 2 aromatic rings. The second-order valence-electron chi connectivity index (χ2n) is 8.64. The number of rotatable bonds is 9. The molecule has 2 aliphatic rings. The zero-order valence-corrected chi connectivity index (χ0v) is 19.4. The summed E-state index contributed by atoms with van der Waals surface area (Å²) in [4.78, 5) is 12.7. The summed E-state index contributed by atoms with van der Waals surface area (Å²) in [5, 5.41) is 6.04. The van der Waals surface area contributed by atoms with E-state index in [1.165, 1.54) is 43.2 Å². The summed E-state index contributed by atoms with van der Waals surface area (Å²) in [5.41, 5.74) is 4.35. The third kappa shape index (κ3) is 5.42. The number of benzene rings is 2. The number of carbonyl (C=O) groups excluding carboxylic acids is 1. The van der Waals surface area contributed by atoms with Crippen molar-refractivity contribution >= 4 is 21.6 Å². The topological polar surface area (TPSA) is 96.5 Å². The van der Waals surface area contributed by atoms with Crippen molar-refractivity contribution in [3.8, 4) is 5.75 Å². The average molecular weight is 458 g/mol. The second kappa shape index (κ2) is 9.50. The maximum absolute atomic E-state index is 12.6. The molecule has 1 unspecified atom stereocenters. The van der Waals surface area contributed by atoms with Crippen molar-refractivity contribution in [1.29, 1.82) is 0 Å². The lowest BCUT2D eigenvalue weighted by atomic mass is 9.89. The van der Waals surface area contributed by atoms with Gasteiger partial charge in [0.05, 0.1) is 30.3 Å². The third-order valence-corrected chi connectivity index (χ3v) is 7.59. The maximum atomic E-state index is 12.6. The van der Waals surface area contributed by atoms with Crippen LogP contribution in [0.5, 0.6) is 5.75 Å². The summed E-state index contributed by atoms with van der Waals surface area (Å²) >= 11 is 0. The monoisotopic (exact) mass is 457 g/mol. The molecule has 8 heteroatoms. The first-order valence-corrected chi connectivity index (χ1v) is 12.7. The predicted molar refractivity (Wildman–Crippen MR) is 124 cm³/mol. The van der Waals surface area contributed by atoms with E-state index in [9.17, 15) is 13.2 Å². The number of nitrogens with one attached hydrogen (secondary N) is 3. The largest absolute Gasteiger partial charge is 0.495 e. The number of hydrogen-bond donors (Lipinski definition) is 3. The van der Waals surface area contributed by atoms with Gasteiger partial charge in [-0.15, -0.1) is 0 Å². The summed E-state index contributed by atoms with van der Waals surface area (Å²) in [7, 11) is -2.08. The highest BCUT2D eigenvalue weighted by molar-refractivity contribution is 7.89. The van der Waals surface area contributed by atoms with Crippen LogP contribution in [-0.2, 0) is 27.7 Å². The zero-order chi connectivity index (χ0) is 22.7. The van der Waals surface area contributed by atoms with E-state index < -0.39 is 10.0 Å². The van der Waals surface area contributed by atoms with E-state index in [-0.39, 0.29) is 29.4 Å². The Morgan fingerprint density at radius 3 is 2.56 bits per heavy atom. The van der Waals surface area contributed by atoms with E-state index in [1.807, 2.05) is 6.92 Å². The van der Waals surface area contributed by atoms with Crippen LogP contribution in [0.15, 0.2) is 41.3 Å². The predicted octanol–water partition coefficient (Wildman–Crippen LogP) is 3.30. The van der Waals surface area contributed by atoms with Crippen LogP contribution in [-0.4, -0.2) is 34.0 Å². The lowest BCUT2D eigenvalue weighted by Crippen LogP contribution is -2.32. The summed E-state index contributed by atoms with van der Waals surface area (Å²) in [5.74, 6) is 0.299. The van der Waals surface area contributed by atoms with Gasteiger partial charge in [0.15, 0.2) is 0 Å². The summed E-state index contributed by atoms with van der Waals surface area (Å²) in [6.07, 6.45) is 6.42. The molecule has 2 aromatic carbocycles. The molecule has 0 spiro atoms. The van der Waals surface area contributed by atoms with Crippen LogP contribution in [0.3, 0.4) is 0 Å². The zero-order valence-electron chi connectivity index (χ0n) is 18.6. The van der Waals surface area contributed by atoms with E-state index >= 15 is 0 Å². The first-order valence-electron chi connectivity index (χ1n) is 11.2. The highest BCUT2D eigenvalue weighted by Gasteiger charge is 2.28. The summed E-state index contributed by atoms with van der Waals surface area (Å²) < 4.78 is 33.0. The number of anilines is 1. The van der Waals surface area contributed by atoms with Gasteiger partial charge >= 0.3 is 0 Å². The van der Waals surface area contributed by atoms with Gasteiger partial charge in [-0.25, -0.2) is 13.1 Å². The highest BCUT2D eigenvalue weighted by Crippen LogP contribution is 2.29.